The Morgan fingerprint density at radius 1 is 0.393 bits per heavy atom. The first-order valence-electron chi connectivity index (χ1n) is 27.1. The summed E-state index contributed by atoms with van der Waals surface area (Å²) in [5, 5.41) is 22.2. The van der Waals surface area contributed by atoms with Gasteiger partial charge in [-0.05, 0) is 44.9 Å². The number of ketones is 2. The van der Waals surface area contributed by atoms with E-state index in [1.807, 2.05) is 0 Å². The molecule has 2 unspecified atom stereocenters. The molecule has 0 fully saturated rings. The molecule has 0 radical (unpaired) electrons. The van der Waals surface area contributed by atoms with E-state index < -0.39 is 35.8 Å². The van der Waals surface area contributed by atoms with E-state index in [1.54, 1.807) is 0 Å². The third-order valence-corrected chi connectivity index (χ3v) is 12.9. The molecule has 0 amide bonds. The molecule has 0 bridgehead atoms. The van der Waals surface area contributed by atoms with Crippen LogP contribution in [-0.2, 0) is 19.1 Å². The number of aliphatic hydroxyl groups excluding tert-OH is 1. The van der Waals surface area contributed by atoms with Crippen LogP contribution in [0.25, 0.3) is 0 Å². The number of Topliss-reactive ketones (excluding diaryl/α,β-unsaturated/α-hetero) is 2. The first-order valence-corrected chi connectivity index (χ1v) is 27.1. The Bertz CT molecular complexity index is 993. The second kappa shape index (κ2) is 46.5. The lowest BCUT2D eigenvalue weighted by Gasteiger charge is -2.32. The van der Waals surface area contributed by atoms with Crippen LogP contribution in [0.1, 0.15) is 303 Å². The van der Waals surface area contributed by atoms with Crippen molar-refractivity contribution in [1.29, 1.82) is 0 Å². The number of carbonyl (C=O) groups is 3. The zero-order chi connectivity index (χ0) is 44.8. The topological polar surface area (TPSA) is 101 Å². The van der Waals surface area contributed by atoms with Crippen molar-refractivity contribution in [1.82, 2.24) is 0 Å². The van der Waals surface area contributed by atoms with Gasteiger partial charge in [0, 0.05) is 19.3 Å². The predicted molar refractivity (Wildman–Crippen MR) is 261 cm³/mol. The van der Waals surface area contributed by atoms with Crippen molar-refractivity contribution in [2.24, 2.45) is 0 Å². The third kappa shape index (κ3) is 36.5. The Balaban J connectivity index is 4.75. The quantitative estimate of drug-likeness (QED) is 0.0273. The Hall–Kier alpha value is -1.53. The first kappa shape index (κ1) is 59.5. The molecule has 0 aromatic heterocycles. The average Bonchev–Trinajstić information content (AvgIpc) is 3.26. The number of rotatable bonds is 50. The Morgan fingerprint density at radius 2 is 0.639 bits per heavy atom. The van der Waals surface area contributed by atoms with Gasteiger partial charge in [-0.2, -0.15) is 0 Å². The summed E-state index contributed by atoms with van der Waals surface area (Å²) in [7, 11) is 0. The minimum Gasteiger partial charge on any atom is -0.456 e. The van der Waals surface area contributed by atoms with Crippen LogP contribution in [0.15, 0.2) is 12.2 Å². The second-order valence-electron chi connectivity index (χ2n) is 18.8. The largest absolute Gasteiger partial charge is 0.456 e. The van der Waals surface area contributed by atoms with Crippen molar-refractivity contribution in [2.45, 2.75) is 315 Å². The molecule has 360 valence electrons. The number of unbranched alkanes of at least 4 members (excludes halogenated alkanes) is 37. The summed E-state index contributed by atoms with van der Waals surface area (Å²) in [5.41, 5.74) is -2.50. The molecular weight excluding hydrogens is 757 g/mol. The van der Waals surface area contributed by atoms with Gasteiger partial charge in [0.2, 0.25) is 5.60 Å². The standard InChI is InChI=1S/C55H104O6/c1-4-7-10-13-16-19-22-25-27-30-33-36-39-42-45-48-52(58)55(60,51(57)47-44-41-38-35-32-29-24-21-18-15-12-9-6-3)53(50-56)61-54(59)49-46-43-40-37-34-31-28-26-23-20-17-14-11-8-5-2/h26,28,53,56,60H,4-25,27,29-50H2,1-3H3/b28-26-. The lowest BCUT2D eigenvalue weighted by Crippen LogP contribution is -2.58. The van der Waals surface area contributed by atoms with Crippen molar-refractivity contribution in [3.63, 3.8) is 0 Å². The molecule has 0 aromatic carbocycles. The number of hydrogen-bond donors (Lipinski definition) is 2. The Kier molecular flexibility index (Phi) is 45.3. The van der Waals surface area contributed by atoms with Crippen LogP contribution in [-0.4, -0.2) is 46.1 Å². The summed E-state index contributed by atoms with van der Waals surface area (Å²) in [6, 6.07) is 0. The smallest absolute Gasteiger partial charge is 0.306 e. The molecule has 2 atom stereocenters. The van der Waals surface area contributed by atoms with Crippen molar-refractivity contribution in [3.8, 4) is 0 Å². The van der Waals surface area contributed by atoms with Gasteiger partial charge >= 0.3 is 5.97 Å². The highest BCUT2D eigenvalue weighted by Crippen LogP contribution is 2.25. The molecule has 61 heavy (non-hydrogen) atoms. The molecule has 0 aromatic rings. The van der Waals surface area contributed by atoms with Gasteiger partial charge in [0.15, 0.2) is 17.7 Å². The van der Waals surface area contributed by atoms with Crippen molar-refractivity contribution >= 4 is 17.5 Å². The second-order valence-corrected chi connectivity index (χ2v) is 18.8. The zero-order valence-electron chi connectivity index (χ0n) is 41.1. The van der Waals surface area contributed by atoms with Crippen molar-refractivity contribution in [3.05, 3.63) is 12.2 Å². The minimum atomic E-state index is -2.50. The Labute approximate surface area is 379 Å². The molecule has 6 nitrogen and oxygen atoms in total. The van der Waals surface area contributed by atoms with Crippen LogP contribution in [0, 0.1) is 0 Å². The summed E-state index contributed by atoms with van der Waals surface area (Å²) in [6.07, 6.45) is 51.8. The number of carbonyl (C=O) groups excluding carboxylic acids is 3. The normalized spacial score (nSPS) is 13.2. The van der Waals surface area contributed by atoms with Gasteiger partial charge in [0.1, 0.15) is 0 Å². The maximum Gasteiger partial charge on any atom is 0.306 e. The lowest BCUT2D eigenvalue weighted by molar-refractivity contribution is -0.180. The molecule has 2 N–H and O–H groups in total. The number of hydrogen-bond acceptors (Lipinski definition) is 6. The van der Waals surface area contributed by atoms with E-state index >= 15 is 0 Å². The van der Waals surface area contributed by atoms with Crippen LogP contribution < -0.4 is 0 Å². The van der Waals surface area contributed by atoms with E-state index in [2.05, 4.69) is 32.9 Å². The molecular formula is C55H104O6. The third-order valence-electron chi connectivity index (χ3n) is 12.9. The zero-order valence-corrected chi connectivity index (χ0v) is 41.1. The van der Waals surface area contributed by atoms with Crippen LogP contribution in [0.2, 0.25) is 0 Å². The van der Waals surface area contributed by atoms with E-state index in [0.29, 0.717) is 19.3 Å². The molecule has 0 aliphatic carbocycles. The minimum absolute atomic E-state index is 0.0428. The number of aliphatic hydroxyl groups is 2. The summed E-state index contributed by atoms with van der Waals surface area (Å²) >= 11 is 0. The molecule has 6 heteroatoms. The first-order chi connectivity index (χ1) is 29.9. The van der Waals surface area contributed by atoms with E-state index in [0.717, 1.165) is 70.6 Å². The van der Waals surface area contributed by atoms with E-state index in [1.165, 1.54) is 173 Å². The summed E-state index contributed by atoms with van der Waals surface area (Å²) in [4.78, 5) is 40.3. The van der Waals surface area contributed by atoms with E-state index in [-0.39, 0.29) is 19.3 Å². The summed E-state index contributed by atoms with van der Waals surface area (Å²) < 4.78 is 5.58. The highest BCUT2D eigenvalue weighted by molar-refractivity contribution is 6.11. The molecule has 0 heterocycles. The van der Waals surface area contributed by atoms with Gasteiger partial charge < -0.3 is 14.9 Å². The van der Waals surface area contributed by atoms with Gasteiger partial charge in [-0.1, -0.05) is 251 Å². The van der Waals surface area contributed by atoms with Gasteiger partial charge in [0.25, 0.3) is 0 Å². The number of allylic oxidation sites excluding steroid dienone is 2. The molecule has 0 saturated carbocycles. The van der Waals surface area contributed by atoms with Crippen molar-refractivity contribution < 1.29 is 29.3 Å². The van der Waals surface area contributed by atoms with E-state index in [9.17, 15) is 24.6 Å². The maximum atomic E-state index is 13.7. The number of ether oxygens (including phenoxy) is 1. The van der Waals surface area contributed by atoms with Gasteiger partial charge in [-0.15, -0.1) is 0 Å². The predicted octanol–water partition coefficient (Wildman–Crippen LogP) is 16.5. The summed E-state index contributed by atoms with van der Waals surface area (Å²) in [5.74, 6) is -1.80. The van der Waals surface area contributed by atoms with E-state index in [4.69, 9.17) is 4.74 Å². The SMILES string of the molecule is CCCCCCCC/C=C\CCCCCCCC(=O)OC(CO)C(O)(C(=O)CCCCCCCCCCCCCCC)C(=O)CCCCCCCCCCCCCCCCC. The number of esters is 1. The molecule has 0 aliphatic rings. The van der Waals surface area contributed by atoms with Gasteiger partial charge in [-0.3, -0.25) is 14.4 Å². The average molecular weight is 861 g/mol. The fourth-order valence-corrected chi connectivity index (χ4v) is 8.67. The molecule has 0 spiro atoms. The fraction of sp³-hybridized carbons (Fsp3) is 0.909. The van der Waals surface area contributed by atoms with Crippen LogP contribution in [0.5, 0.6) is 0 Å². The van der Waals surface area contributed by atoms with Crippen LogP contribution in [0.3, 0.4) is 0 Å². The van der Waals surface area contributed by atoms with Crippen LogP contribution in [0.4, 0.5) is 0 Å². The highest BCUT2D eigenvalue weighted by atomic mass is 16.6. The molecule has 0 aliphatic heterocycles. The highest BCUT2D eigenvalue weighted by Gasteiger charge is 2.51. The van der Waals surface area contributed by atoms with Crippen molar-refractivity contribution in [2.75, 3.05) is 6.61 Å². The van der Waals surface area contributed by atoms with Gasteiger partial charge in [0.05, 0.1) is 6.61 Å². The lowest BCUT2D eigenvalue weighted by atomic mass is 9.82. The maximum absolute atomic E-state index is 13.7. The van der Waals surface area contributed by atoms with Gasteiger partial charge in [-0.25, -0.2) is 0 Å². The fourth-order valence-electron chi connectivity index (χ4n) is 8.67. The Morgan fingerprint density at radius 3 is 0.918 bits per heavy atom. The van der Waals surface area contributed by atoms with Crippen LogP contribution >= 0.6 is 0 Å². The summed E-state index contributed by atoms with van der Waals surface area (Å²) in [6.45, 7) is 6.01. The molecule has 0 saturated heterocycles. The molecule has 0 rings (SSSR count). The monoisotopic (exact) mass is 861 g/mol.